The molecule has 0 unspecified atom stereocenters. The van der Waals surface area contributed by atoms with Gasteiger partial charge in [-0.25, -0.2) is 14.7 Å². The summed E-state index contributed by atoms with van der Waals surface area (Å²) in [6.07, 6.45) is 0. The molecule has 1 spiro atoms. The van der Waals surface area contributed by atoms with Crippen molar-refractivity contribution in [3.05, 3.63) is 59.7 Å². The summed E-state index contributed by atoms with van der Waals surface area (Å²) in [4.78, 5) is 45.4. The van der Waals surface area contributed by atoms with Crippen molar-refractivity contribution in [1.82, 2.24) is 20.9 Å². The van der Waals surface area contributed by atoms with E-state index in [0.717, 1.165) is 10.5 Å². The standard InChI is InChI=1S/C29H33N9O6.CH4/c1-27(2)14-44-21-16(9-6-10-17(21)27)23(40)33-19-12-38-25(31)32-18(22-28(38,29(19,42)43)35-24(30)34-22)11-37-20(39)13-36(26(37)41)15-7-4-3-5-8-15;/h3-10,18-19,22,42-43H,11-14H2,1-2H3,(H6,30,31,32,33,34,35,40);1H4/p+2/t18-,19-,22-,28-;/m0./s1. The number of rotatable bonds is 5. The number of guanidine groups is 2. The van der Waals surface area contributed by atoms with E-state index in [4.69, 9.17) is 16.2 Å². The summed E-state index contributed by atoms with van der Waals surface area (Å²) < 4.78 is 7.36. The van der Waals surface area contributed by atoms with E-state index >= 15 is 0 Å². The van der Waals surface area contributed by atoms with Crippen LogP contribution in [0.4, 0.5) is 10.5 Å². The Kier molecular flexibility index (Phi) is 6.75. The first-order valence-corrected chi connectivity index (χ1v) is 14.4. The van der Waals surface area contributed by atoms with E-state index < -0.39 is 47.4 Å². The second-order valence-corrected chi connectivity index (χ2v) is 12.5. The molecule has 0 saturated carbocycles. The van der Waals surface area contributed by atoms with E-state index in [1.165, 1.54) is 9.48 Å². The van der Waals surface area contributed by atoms with Crippen LogP contribution >= 0.6 is 0 Å². The van der Waals surface area contributed by atoms with Crippen LogP contribution in [0, 0.1) is 0 Å². The Morgan fingerprint density at radius 3 is 2.62 bits per heavy atom. The fourth-order valence-electron chi connectivity index (χ4n) is 7.09. The Morgan fingerprint density at radius 1 is 1.16 bits per heavy atom. The van der Waals surface area contributed by atoms with Crippen LogP contribution in [0.1, 0.15) is 37.2 Å². The van der Waals surface area contributed by atoms with Crippen LogP contribution in [0.25, 0.3) is 0 Å². The minimum absolute atomic E-state index is 0. The van der Waals surface area contributed by atoms with Crippen LogP contribution in [0.5, 0.6) is 5.75 Å². The SMILES string of the molecule is C.CC1(C)COc2c(C(=O)N[C@H]3C[N+]4=C(N)N[C@@H](CN5C(=O)CN(c6ccccc6)C5=O)[C@@H]5[NH+]=C(N)N[C@@]54C3(O)O)cccc21. The third-order valence-electron chi connectivity index (χ3n) is 9.33. The van der Waals surface area contributed by atoms with Gasteiger partial charge >= 0.3 is 18.0 Å². The van der Waals surface area contributed by atoms with Crippen LogP contribution in [-0.4, -0.2) is 105 Å². The Morgan fingerprint density at radius 2 is 1.89 bits per heavy atom. The Labute approximate surface area is 259 Å². The van der Waals surface area contributed by atoms with E-state index in [9.17, 15) is 24.6 Å². The summed E-state index contributed by atoms with van der Waals surface area (Å²) in [6, 6.07) is 10.6. The number of imide groups is 1. The predicted molar refractivity (Wildman–Crippen MR) is 162 cm³/mol. The van der Waals surface area contributed by atoms with Gasteiger partial charge in [-0.15, -0.1) is 0 Å². The highest BCUT2D eigenvalue weighted by atomic mass is 16.5. The molecular weight excluding hydrogens is 582 g/mol. The molecule has 45 heavy (non-hydrogen) atoms. The molecule has 15 heteroatoms. The van der Waals surface area contributed by atoms with Crippen molar-refractivity contribution in [2.24, 2.45) is 11.5 Å². The highest BCUT2D eigenvalue weighted by molar-refractivity contribution is 6.12. The zero-order valence-electron chi connectivity index (χ0n) is 24.2. The lowest BCUT2D eigenvalue weighted by atomic mass is 9.84. The molecule has 10 N–H and O–H groups in total. The van der Waals surface area contributed by atoms with Gasteiger partial charge in [0.05, 0.1) is 25.3 Å². The van der Waals surface area contributed by atoms with E-state index in [2.05, 4.69) is 20.9 Å². The van der Waals surface area contributed by atoms with Crippen LogP contribution < -0.4 is 42.0 Å². The second-order valence-electron chi connectivity index (χ2n) is 12.5. The number of nitrogens with one attached hydrogen (secondary N) is 4. The van der Waals surface area contributed by atoms with Gasteiger partial charge in [-0.2, -0.15) is 0 Å². The molecule has 238 valence electrons. The smallest absolute Gasteiger partial charge is 0.347 e. The predicted octanol–water partition coefficient (Wildman–Crippen LogP) is -3.38. The quantitative estimate of drug-likeness (QED) is 0.0943. The molecule has 4 amide bonds. The lowest BCUT2D eigenvalue weighted by molar-refractivity contribution is -0.674. The number of ether oxygens (including phenoxy) is 1. The summed E-state index contributed by atoms with van der Waals surface area (Å²) in [5.74, 6) is -3.08. The lowest BCUT2D eigenvalue weighted by Gasteiger charge is -2.41. The molecule has 5 aliphatic heterocycles. The monoisotopic (exact) mass is 621 g/mol. The van der Waals surface area contributed by atoms with Crippen LogP contribution in [0.2, 0.25) is 0 Å². The van der Waals surface area contributed by atoms with Gasteiger partial charge in [0.2, 0.25) is 0 Å². The van der Waals surface area contributed by atoms with Gasteiger partial charge in [-0.05, 0) is 18.2 Å². The zero-order valence-corrected chi connectivity index (χ0v) is 24.2. The molecule has 2 aromatic carbocycles. The summed E-state index contributed by atoms with van der Waals surface area (Å²) in [5.41, 5.74) is 12.3. The number of amides is 4. The molecule has 5 heterocycles. The number of hydrogen-bond donors (Lipinski definition) is 8. The van der Waals surface area contributed by atoms with Crippen molar-refractivity contribution in [1.29, 1.82) is 0 Å². The van der Waals surface area contributed by atoms with E-state index in [-0.39, 0.29) is 50.0 Å². The Hall–Kier alpha value is -4.89. The number of nitrogens with two attached hydrogens (primary N) is 2. The molecule has 0 radical (unpaired) electrons. The van der Waals surface area contributed by atoms with Gasteiger partial charge in [-0.1, -0.05) is 51.6 Å². The summed E-state index contributed by atoms with van der Waals surface area (Å²) >= 11 is 0. The normalized spacial score (nSPS) is 28.7. The zero-order chi connectivity index (χ0) is 31.2. The molecule has 0 aliphatic carbocycles. The molecule has 15 nitrogen and oxygen atoms in total. The first kappa shape index (κ1) is 30.1. The summed E-state index contributed by atoms with van der Waals surface area (Å²) in [5, 5.41) is 32.5. The third kappa shape index (κ3) is 4.21. The minimum Gasteiger partial charge on any atom is -0.492 e. The molecule has 4 atom stereocenters. The fourth-order valence-corrected chi connectivity index (χ4v) is 7.09. The number of hydrogen-bond acceptors (Lipinski definition) is 10. The van der Waals surface area contributed by atoms with Crippen molar-refractivity contribution in [3.8, 4) is 5.75 Å². The highest BCUT2D eigenvalue weighted by Gasteiger charge is 2.78. The van der Waals surface area contributed by atoms with E-state index in [0.29, 0.717) is 18.0 Å². The molecule has 0 bridgehead atoms. The minimum atomic E-state index is -2.64. The fraction of sp³-hybridized carbons (Fsp3) is 0.433. The summed E-state index contributed by atoms with van der Waals surface area (Å²) in [7, 11) is 0. The number of urea groups is 1. The van der Waals surface area contributed by atoms with Gasteiger partial charge < -0.3 is 20.3 Å². The van der Waals surface area contributed by atoms with Crippen LogP contribution in [-0.2, 0) is 10.2 Å². The highest BCUT2D eigenvalue weighted by Crippen LogP contribution is 2.42. The van der Waals surface area contributed by atoms with Gasteiger partial charge in [-0.3, -0.25) is 41.2 Å². The largest absolute Gasteiger partial charge is 0.492 e. The number of benzene rings is 2. The number of fused-ring (bicyclic) bond motifs is 1. The maximum Gasteiger partial charge on any atom is 0.347 e. The molecule has 7 rings (SSSR count). The number of para-hydroxylation sites is 2. The van der Waals surface area contributed by atoms with E-state index in [1.54, 1.807) is 36.4 Å². The lowest BCUT2D eigenvalue weighted by Crippen LogP contribution is -2.92. The van der Waals surface area contributed by atoms with E-state index in [1.807, 2.05) is 26.0 Å². The van der Waals surface area contributed by atoms with Gasteiger partial charge in [0.15, 0.2) is 6.04 Å². The second kappa shape index (κ2) is 10.1. The molecule has 2 saturated heterocycles. The van der Waals surface area contributed by atoms with Crippen LogP contribution in [0.3, 0.4) is 0 Å². The van der Waals surface area contributed by atoms with Crippen molar-refractivity contribution in [2.75, 3.05) is 31.1 Å². The third-order valence-corrected chi connectivity index (χ3v) is 9.33. The molecule has 2 fully saturated rings. The van der Waals surface area contributed by atoms with Crippen molar-refractivity contribution >= 4 is 35.5 Å². The Bertz CT molecular complexity index is 1660. The molecule has 5 aliphatic rings. The first-order chi connectivity index (χ1) is 20.8. The number of carbonyl (C=O) groups excluding carboxylic acids is 3. The number of anilines is 1. The van der Waals surface area contributed by atoms with Crippen molar-refractivity contribution in [3.63, 3.8) is 0 Å². The van der Waals surface area contributed by atoms with Gasteiger partial charge in [0, 0.05) is 16.7 Å². The number of carbonyl (C=O) groups is 3. The Balaban J connectivity index is 0.00000357. The number of nitrogens with zero attached hydrogens (tertiary/aromatic N) is 3. The molecular formula is C30H39N9O6+2. The van der Waals surface area contributed by atoms with Gasteiger partial charge in [0.1, 0.15) is 24.4 Å². The maximum absolute atomic E-state index is 13.6. The first-order valence-electron chi connectivity index (χ1n) is 14.4. The van der Waals surface area contributed by atoms with Crippen molar-refractivity contribution in [2.45, 2.75) is 56.3 Å². The average molecular weight is 622 g/mol. The van der Waals surface area contributed by atoms with Crippen LogP contribution in [0.15, 0.2) is 48.5 Å². The maximum atomic E-state index is 13.6. The summed E-state index contributed by atoms with van der Waals surface area (Å²) in [6.45, 7) is 4.05. The molecule has 0 aromatic heterocycles. The average Bonchev–Trinajstić information content (AvgIpc) is 3.66. The van der Waals surface area contributed by atoms with Gasteiger partial charge in [0.25, 0.3) is 23.3 Å². The molecule has 2 aromatic rings. The topological polar surface area (TPSA) is 212 Å². The number of aliphatic hydroxyl groups is 2. The van der Waals surface area contributed by atoms with Crippen molar-refractivity contribution < 1.29 is 38.9 Å².